The third-order valence-corrected chi connectivity index (χ3v) is 12.1. The van der Waals surface area contributed by atoms with Crippen molar-refractivity contribution in [3.05, 3.63) is 35.9 Å². The topological polar surface area (TPSA) is 489 Å². The summed E-state index contributed by atoms with van der Waals surface area (Å²) in [6.07, 6.45) is 1.01. The van der Waals surface area contributed by atoms with Crippen LogP contribution < -0.4 is 82.7 Å². The Balaban J connectivity index is 3.28. The van der Waals surface area contributed by atoms with Gasteiger partial charge < -0.3 is 87.8 Å². The molecule has 23 N–H and O–H groups in total. The minimum atomic E-state index is -1.39. The number of aliphatic carboxylic acids is 1. The molecule has 1 aromatic rings. The van der Waals surface area contributed by atoms with Crippen molar-refractivity contribution in [3.8, 4) is 0 Å². The molecule has 0 bridgehead atoms. The van der Waals surface area contributed by atoms with Gasteiger partial charge in [0.15, 0.2) is 17.9 Å². The summed E-state index contributed by atoms with van der Waals surface area (Å²) in [5.74, 6) is -9.56. The molecule has 0 heterocycles. The number of carbonyl (C=O) groups excluding carboxylic acids is 8. The number of nitrogens with one attached hydrogen (secondary N) is 8. The summed E-state index contributed by atoms with van der Waals surface area (Å²) in [5, 5.41) is 29.8. The van der Waals surface area contributed by atoms with E-state index in [0.717, 1.165) is 0 Å². The quantitative estimate of drug-likeness (QED) is 0.0129. The standard InChI is InChI=1S/C44H76N18O10S3/c1-3-23(2)33(62-39(69)30(21-74)59-34(64)25(45)12-7-15-52-42(46)47)40(70)60-29(20-73)35(65)55-19-32(63)56-26(13-8-16-53-43(48)49)36(66)57-27(14-9-17-54-44(50)51)37(67)58-28(18-24-10-5-4-6-11-24)38(68)61-31(22-75)41(71)72/h4-6,10-11,23,25-31,33,73-75H,3,7-9,12-22,45H2,1-2H3,(H,55,65)(H,56,63)(H,57,66)(H,58,67)(H,59,64)(H,60,70)(H,61,68)(H,62,69)(H,71,72)(H4,46,47,52)(H4,48,49,53)(H4,50,51,54)/t23-,25-,26-,27-,28-,29-,30-,31-,33-/m0/s1. The summed E-state index contributed by atoms with van der Waals surface area (Å²) in [5.41, 5.74) is 39.1. The van der Waals surface area contributed by atoms with Gasteiger partial charge in [-0.3, -0.25) is 53.3 Å². The Morgan fingerprint density at radius 1 is 0.533 bits per heavy atom. The molecule has 0 aliphatic rings. The number of carboxylic acid groups (broad SMARTS) is 1. The van der Waals surface area contributed by atoms with Crippen LogP contribution in [0.4, 0.5) is 0 Å². The van der Waals surface area contributed by atoms with Gasteiger partial charge in [-0.15, -0.1) is 0 Å². The molecule has 8 amide bonds. The highest BCUT2D eigenvalue weighted by Crippen LogP contribution is 2.11. The number of carbonyl (C=O) groups is 9. The van der Waals surface area contributed by atoms with E-state index >= 15 is 0 Å². The molecule has 0 saturated carbocycles. The lowest BCUT2D eigenvalue weighted by molar-refractivity contribution is -0.141. The molecule has 1 aromatic carbocycles. The van der Waals surface area contributed by atoms with E-state index in [2.05, 4.69) is 95.4 Å². The minimum absolute atomic E-state index is 0.0311. The normalized spacial score (nSPS) is 14.4. The Hall–Kier alpha value is -6.73. The molecule has 0 fully saturated rings. The average molecular weight is 1110 g/mol. The van der Waals surface area contributed by atoms with E-state index in [-0.39, 0.29) is 93.3 Å². The molecule has 75 heavy (non-hydrogen) atoms. The third-order valence-electron chi connectivity index (χ3n) is 11.0. The first kappa shape index (κ1) is 66.3. The molecule has 31 heteroatoms. The highest BCUT2D eigenvalue weighted by Gasteiger charge is 2.34. The van der Waals surface area contributed by atoms with Crippen molar-refractivity contribution in [3.63, 3.8) is 0 Å². The van der Waals surface area contributed by atoms with Gasteiger partial charge in [0.1, 0.15) is 42.3 Å². The second-order valence-corrected chi connectivity index (χ2v) is 18.1. The minimum Gasteiger partial charge on any atom is -0.480 e. The third kappa shape index (κ3) is 26.9. The second-order valence-electron chi connectivity index (χ2n) is 17.0. The summed E-state index contributed by atoms with van der Waals surface area (Å²) >= 11 is 12.4. The number of benzene rings is 1. The van der Waals surface area contributed by atoms with E-state index in [1.165, 1.54) is 0 Å². The van der Waals surface area contributed by atoms with Gasteiger partial charge >= 0.3 is 5.97 Å². The molecule has 1 rings (SSSR count). The first-order valence-electron chi connectivity index (χ1n) is 23.9. The van der Waals surface area contributed by atoms with Crippen LogP contribution in [0.2, 0.25) is 0 Å². The number of guanidine groups is 3. The molecule has 0 aliphatic heterocycles. The second kappa shape index (κ2) is 36.3. The zero-order valence-electron chi connectivity index (χ0n) is 42.0. The number of carboxylic acids is 1. The summed E-state index contributed by atoms with van der Waals surface area (Å²) in [7, 11) is 0. The highest BCUT2D eigenvalue weighted by molar-refractivity contribution is 7.80. The van der Waals surface area contributed by atoms with Crippen LogP contribution in [0.5, 0.6) is 0 Å². The number of amides is 8. The predicted molar refractivity (Wildman–Crippen MR) is 293 cm³/mol. The van der Waals surface area contributed by atoms with Gasteiger partial charge in [-0.1, -0.05) is 50.6 Å². The van der Waals surface area contributed by atoms with Gasteiger partial charge in [-0.2, -0.15) is 37.9 Å². The molecule has 0 radical (unpaired) electrons. The number of hydrogen-bond donors (Lipinski definition) is 19. The van der Waals surface area contributed by atoms with E-state index in [4.69, 9.17) is 40.1 Å². The number of thiol groups is 3. The van der Waals surface area contributed by atoms with Gasteiger partial charge in [0.2, 0.25) is 47.3 Å². The van der Waals surface area contributed by atoms with E-state index in [1.54, 1.807) is 44.2 Å². The lowest BCUT2D eigenvalue weighted by atomic mass is 9.97. The molecule has 28 nitrogen and oxygen atoms in total. The molecule has 0 unspecified atom stereocenters. The van der Waals surface area contributed by atoms with Crippen molar-refractivity contribution in [1.82, 2.24) is 42.5 Å². The summed E-state index contributed by atoms with van der Waals surface area (Å²) in [6, 6.07) is -1.69. The van der Waals surface area contributed by atoms with Crippen molar-refractivity contribution in [2.75, 3.05) is 43.4 Å². The Labute approximate surface area is 451 Å². The number of nitrogens with two attached hydrogens (primary N) is 7. The van der Waals surface area contributed by atoms with Crippen LogP contribution in [0.15, 0.2) is 45.3 Å². The van der Waals surface area contributed by atoms with Crippen molar-refractivity contribution in [1.29, 1.82) is 0 Å². The fourth-order valence-electron chi connectivity index (χ4n) is 6.68. The first-order valence-corrected chi connectivity index (χ1v) is 25.8. The molecule has 0 saturated heterocycles. The summed E-state index contributed by atoms with van der Waals surface area (Å²) in [4.78, 5) is 132. The van der Waals surface area contributed by atoms with Gasteiger partial charge in [0.05, 0.1) is 12.6 Å². The molecule has 0 aromatic heterocycles. The van der Waals surface area contributed by atoms with Crippen molar-refractivity contribution in [2.45, 2.75) is 114 Å². The lowest BCUT2D eigenvalue weighted by Gasteiger charge is -2.28. The Bertz CT molecular complexity index is 2130. The maximum absolute atomic E-state index is 14.0. The van der Waals surface area contributed by atoms with Crippen LogP contribution in [0, 0.1) is 5.92 Å². The summed E-state index contributed by atoms with van der Waals surface area (Å²) in [6.45, 7) is 3.04. The van der Waals surface area contributed by atoms with Crippen LogP contribution in [0.25, 0.3) is 0 Å². The van der Waals surface area contributed by atoms with Crippen LogP contribution in [0.1, 0.15) is 64.4 Å². The first-order chi connectivity index (χ1) is 35.5. The SMILES string of the molecule is CC[C@H](C)[C@H](NC(=O)[C@H](CS)NC(=O)[C@@H](N)CCCN=C(N)N)C(=O)N[C@@H](CS)C(=O)NCC(=O)N[C@@H](CCCN=C(N)N)C(=O)N[C@@H](CCCN=C(N)N)C(=O)N[C@@H](Cc1ccccc1)C(=O)N[C@@H](CS)C(=O)O. The zero-order valence-corrected chi connectivity index (χ0v) is 44.7. The zero-order chi connectivity index (χ0) is 56.6. The fourth-order valence-corrected chi connectivity index (χ4v) is 7.44. The van der Waals surface area contributed by atoms with Crippen LogP contribution in [-0.2, 0) is 49.6 Å². The molecule has 0 spiro atoms. The Morgan fingerprint density at radius 3 is 1.43 bits per heavy atom. The van der Waals surface area contributed by atoms with Crippen molar-refractivity contribution >= 4 is 109 Å². The molecule has 9 atom stereocenters. The molecular weight excluding hydrogens is 1040 g/mol. The van der Waals surface area contributed by atoms with E-state index in [1.807, 2.05) is 0 Å². The predicted octanol–water partition coefficient (Wildman–Crippen LogP) is -5.85. The summed E-state index contributed by atoms with van der Waals surface area (Å²) < 4.78 is 0. The maximum Gasteiger partial charge on any atom is 0.327 e. The number of rotatable bonds is 36. The average Bonchev–Trinajstić information content (AvgIpc) is 3.36. The van der Waals surface area contributed by atoms with Gasteiger partial charge in [0, 0.05) is 43.3 Å². The number of nitrogens with zero attached hydrogens (tertiary/aromatic N) is 3. The van der Waals surface area contributed by atoms with E-state index < -0.39 is 114 Å². The monoisotopic (exact) mass is 1110 g/mol. The lowest BCUT2D eigenvalue weighted by Crippen LogP contribution is -2.60. The van der Waals surface area contributed by atoms with Crippen LogP contribution in [0.3, 0.4) is 0 Å². The number of hydrogen-bond acceptors (Lipinski definition) is 16. The fraction of sp³-hybridized carbons (Fsp3) is 0.591. The molecular formula is C44H76N18O10S3. The Morgan fingerprint density at radius 2 is 0.947 bits per heavy atom. The van der Waals surface area contributed by atoms with Gasteiger partial charge in [0.25, 0.3) is 0 Å². The molecule has 0 aliphatic carbocycles. The highest BCUT2D eigenvalue weighted by atomic mass is 32.1. The van der Waals surface area contributed by atoms with Crippen molar-refractivity contribution < 1.29 is 48.3 Å². The van der Waals surface area contributed by atoms with Gasteiger partial charge in [-0.25, -0.2) is 4.79 Å². The largest absolute Gasteiger partial charge is 0.480 e. The maximum atomic E-state index is 14.0. The van der Waals surface area contributed by atoms with E-state index in [0.29, 0.717) is 18.4 Å². The van der Waals surface area contributed by atoms with Crippen LogP contribution >= 0.6 is 37.9 Å². The smallest absolute Gasteiger partial charge is 0.327 e. The van der Waals surface area contributed by atoms with E-state index in [9.17, 15) is 48.3 Å². The van der Waals surface area contributed by atoms with Crippen LogP contribution in [-0.4, -0.2) is 168 Å². The van der Waals surface area contributed by atoms with Crippen molar-refractivity contribution in [2.24, 2.45) is 61.0 Å². The number of aliphatic imine (C=N–C) groups is 3. The van der Waals surface area contributed by atoms with Gasteiger partial charge in [-0.05, 0) is 50.0 Å². The Kier molecular flexibility index (Phi) is 32.0. The molecule has 420 valence electrons.